The summed E-state index contributed by atoms with van der Waals surface area (Å²) in [5, 5.41) is 3.43. The summed E-state index contributed by atoms with van der Waals surface area (Å²) in [6, 6.07) is 9.01. The fraction of sp³-hybridized carbons (Fsp3) is 0.684. The maximum Gasteiger partial charge on any atom is 0.0591 e. The largest absolute Gasteiger partial charge is 0.380 e. The van der Waals surface area contributed by atoms with Crippen molar-refractivity contribution in [1.82, 2.24) is 5.32 Å². The summed E-state index contributed by atoms with van der Waals surface area (Å²) >= 11 is 0. The zero-order chi connectivity index (χ0) is 15.9. The van der Waals surface area contributed by atoms with Gasteiger partial charge in [0.1, 0.15) is 0 Å². The Balaban J connectivity index is 2.28. The van der Waals surface area contributed by atoms with Crippen LogP contribution in [0.25, 0.3) is 0 Å². The molecule has 0 amide bonds. The second-order valence-electron chi connectivity index (χ2n) is 7.47. The molecule has 0 aliphatic carbocycles. The minimum absolute atomic E-state index is 0.172. The van der Waals surface area contributed by atoms with Crippen molar-refractivity contribution in [3.63, 3.8) is 0 Å². The number of ether oxygens (including phenoxy) is 1. The lowest BCUT2D eigenvalue weighted by molar-refractivity contribution is 0.133. The zero-order valence-corrected chi connectivity index (χ0v) is 14.8. The molecule has 0 radical (unpaired) electrons. The Morgan fingerprint density at radius 2 is 1.57 bits per heavy atom. The van der Waals surface area contributed by atoms with Gasteiger partial charge in [-0.25, -0.2) is 0 Å². The van der Waals surface area contributed by atoms with Crippen molar-refractivity contribution in [3.8, 4) is 0 Å². The van der Waals surface area contributed by atoms with Crippen LogP contribution in [0.1, 0.15) is 59.1 Å². The van der Waals surface area contributed by atoms with E-state index >= 15 is 0 Å². The van der Waals surface area contributed by atoms with Gasteiger partial charge in [-0.3, -0.25) is 0 Å². The van der Waals surface area contributed by atoms with Gasteiger partial charge >= 0.3 is 0 Å². The van der Waals surface area contributed by atoms with Gasteiger partial charge in [0, 0.05) is 12.1 Å². The molecular formula is C19H33NO. The summed E-state index contributed by atoms with van der Waals surface area (Å²) in [6.45, 7) is 15.8. The first kappa shape index (κ1) is 18.2. The van der Waals surface area contributed by atoms with Crippen molar-refractivity contribution in [1.29, 1.82) is 0 Å². The van der Waals surface area contributed by atoms with Crippen LogP contribution in [0.4, 0.5) is 0 Å². The molecular weight excluding hydrogens is 258 g/mol. The van der Waals surface area contributed by atoms with E-state index in [1.807, 2.05) is 0 Å². The molecule has 0 saturated carbocycles. The fourth-order valence-corrected chi connectivity index (χ4v) is 2.12. The highest BCUT2D eigenvalue weighted by molar-refractivity contribution is 5.28. The number of hydrogen-bond acceptors (Lipinski definition) is 2. The molecule has 1 aromatic rings. The van der Waals surface area contributed by atoms with Crippen molar-refractivity contribution in [3.05, 3.63) is 35.4 Å². The molecule has 0 aromatic heterocycles. The molecule has 1 aromatic carbocycles. The second-order valence-corrected chi connectivity index (χ2v) is 7.47. The van der Waals surface area contributed by atoms with E-state index in [1.165, 1.54) is 11.1 Å². The maximum atomic E-state index is 5.69. The molecule has 1 rings (SSSR count). The van der Waals surface area contributed by atoms with Gasteiger partial charge in [-0.05, 0) is 50.2 Å². The summed E-state index contributed by atoms with van der Waals surface area (Å²) in [5.74, 6) is 0. The van der Waals surface area contributed by atoms with Crippen LogP contribution < -0.4 is 5.32 Å². The van der Waals surface area contributed by atoms with Gasteiger partial charge in [0.2, 0.25) is 0 Å². The SMILES string of the molecule is CCC(C)(C)c1ccc(CCOCCNC(C)(C)C)cc1. The zero-order valence-electron chi connectivity index (χ0n) is 14.8. The van der Waals surface area contributed by atoms with E-state index in [4.69, 9.17) is 4.74 Å². The monoisotopic (exact) mass is 291 g/mol. The Morgan fingerprint density at radius 1 is 0.952 bits per heavy atom. The molecule has 0 saturated heterocycles. The van der Waals surface area contributed by atoms with E-state index in [-0.39, 0.29) is 11.0 Å². The van der Waals surface area contributed by atoms with Crippen LogP contribution in [0.5, 0.6) is 0 Å². The molecule has 2 heteroatoms. The molecule has 1 N–H and O–H groups in total. The van der Waals surface area contributed by atoms with E-state index in [0.29, 0.717) is 0 Å². The standard InChI is InChI=1S/C19H33NO/c1-7-19(5,6)17-10-8-16(9-11-17)12-14-21-15-13-20-18(2,3)4/h8-11,20H,7,12-15H2,1-6H3. The molecule has 2 nitrogen and oxygen atoms in total. The topological polar surface area (TPSA) is 21.3 Å². The predicted molar refractivity (Wildman–Crippen MR) is 92.0 cm³/mol. The number of nitrogens with one attached hydrogen (secondary N) is 1. The smallest absolute Gasteiger partial charge is 0.0591 e. The first-order valence-corrected chi connectivity index (χ1v) is 8.17. The Bertz CT molecular complexity index is 401. The van der Waals surface area contributed by atoms with Gasteiger partial charge in [0.25, 0.3) is 0 Å². The van der Waals surface area contributed by atoms with E-state index in [1.54, 1.807) is 0 Å². The summed E-state index contributed by atoms with van der Waals surface area (Å²) in [6.07, 6.45) is 2.15. The Labute approximate surface area is 131 Å². The van der Waals surface area contributed by atoms with Gasteiger partial charge in [-0.2, -0.15) is 0 Å². The number of rotatable bonds is 8. The average molecular weight is 291 g/mol. The van der Waals surface area contributed by atoms with Gasteiger partial charge in [0.15, 0.2) is 0 Å². The third-order valence-corrected chi connectivity index (χ3v) is 4.06. The van der Waals surface area contributed by atoms with Crippen LogP contribution in [0.15, 0.2) is 24.3 Å². The van der Waals surface area contributed by atoms with E-state index < -0.39 is 0 Å². The lowest BCUT2D eigenvalue weighted by atomic mass is 9.82. The third-order valence-electron chi connectivity index (χ3n) is 4.06. The van der Waals surface area contributed by atoms with Crippen molar-refractivity contribution in [2.24, 2.45) is 0 Å². The quantitative estimate of drug-likeness (QED) is 0.720. The Kier molecular flexibility index (Phi) is 6.89. The Morgan fingerprint density at radius 3 is 2.10 bits per heavy atom. The molecule has 0 aliphatic heterocycles. The summed E-state index contributed by atoms with van der Waals surface area (Å²) < 4.78 is 5.69. The molecule has 0 atom stereocenters. The molecule has 0 fully saturated rings. The lowest BCUT2D eigenvalue weighted by Crippen LogP contribution is -2.38. The van der Waals surface area contributed by atoms with Gasteiger partial charge in [-0.1, -0.05) is 45.0 Å². The average Bonchev–Trinajstić information content (AvgIpc) is 2.42. The first-order chi connectivity index (χ1) is 9.74. The van der Waals surface area contributed by atoms with Crippen molar-refractivity contribution in [2.75, 3.05) is 19.8 Å². The molecule has 21 heavy (non-hydrogen) atoms. The minimum Gasteiger partial charge on any atom is -0.380 e. The van der Waals surface area contributed by atoms with Crippen LogP contribution in [0.2, 0.25) is 0 Å². The van der Waals surface area contributed by atoms with Crippen LogP contribution >= 0.6 is 0 Å². The van der Waals surface area contributed by atoms with Crippen LogP contribution in [0, 0.1) is 0 Å². The van der Waals surface area contributed by atoms with Gasteiger partial charge in [0.05, 0.1) is 13.2 Å². The predicted octanol–water partition coefficient (Wildman–Crippen LogP) is 4.32. The van der Waals surface area contributed by atoms with Crippen molar-refractivity contribution in [2.45, 2.75) is 65.3 Å². The molecule has 0 spiro atoms. The van der Waals surface area contributed by atoms with E-state index in [2.05, 4.69) is 71.1 Å². The summed E-state index contributed by atoms with van der Waals surface area (Å²) in [5.41, 5.74) is 3.22. The van der Waals surface area contributed by atoms with Gasteiger partial charge < -0.3 is 10.1 Å². The molecule has 0 heterocycles. The second kappa shape index (κ2) is 7.95. The van der Waals surface area contributed by atoms with E-state index in [9.17, 15) is 0 Å². The third kappa shape index (κ3) is 7.10. The highest BCUT2D eigenvalue weighted by atomic mass is 16.5. The van der Waals surface area contributed by atoms with Crippen LogP contribution in [-0.2, 0) is 16.6 Å². The van der Waals surface area contributed by atoms with Crippen LogP contribution in [0.3, 0.4) is 0 Å². The van der Waals surface area contributed by atoms with Gasteiger partial charge in [-0.15, -0.1) is 0 Å². The molecule has 120 valence electrons. The first-order valence-electron chi connectivity index (χ1n) is 8.17. The lowest BCUT2D eigenvalue weighted by Gasteiger charge is -2.23. The fourth-order valence-electron chi connectivity index (χ4n) is 2.12. The highest BCUT2D eigenvalue weighted by Crippen LogP contribution is 2.26. The highest BCUT2D eigenvalue weighted by Gasteiger charge is 2.17. The molecule has 0 bridgehead atoms. The minimum atomic E-state index is 0.172. The molecule has 0 unspecified atom stereocenters. The van der Waals surface area contributed by atoms with Crippen LogP contribution in [-0.4, -0.2) is 25.3 Å². The van der Waals surface area contributed by atoms with Crippen molar-refractivity contribution >= 4 is 0 Å². The Hall–Kier alpha value is -0.860. The molecule has 0 aliphatic rings. The van der Waals surface area contributed by atoms with Crippen molar-refractivity contribution < 1.29 is 4.74 Å². The summed E-state index contributed by atoms with van der Waals surface area (Å²) in [4.78, 5) is 0. The summed E-state index contributed by atoms with van der Waals surface area (Å²) in [7, 11) is 0. The number of hydrogen-bond donors (Lipinski definition) is 1. The normalized spacial score (nSPS) is 12.7. The number of benzene rings is 1. The maximum absolute atomic E-state index is 5.69. The van der Waals surface area contributed by atoms with E-state index in [0.717, 1.165) is 32.6 Å².